The summed E-state index contributed by atoms with van der Waals surface area (Å²) < 4.78 is 10.2. The molecule has 29 heavy (non-hydrogen) atoms. The number of methoxy groups -OCH3 is 1. The Hall–Kier alpha value is -3.39. The number of aromatic nitrogens is 3. The first-order chi connectivity index (χ1) is 14.2. The smallest absolute Gasteiger partial charge is 0.358 e. The van der Waals surface area contributed by atoms with E-state index in [4.69, 9.17) is 4.74 Å². The van der Waals surface area contributed by atoms with Gasteiger partial charge in [0.2, 0.25) is 0 Å². The van der Waals surface area contributed by atoms with Gasteiger partial charge in [-0.05, 0) is 24.1 Å². The monoisotopic (exact) mass is 392 g/mol. The van der Waals surface area contributed by atoms with Gasteiger partial charge in [0.25, 0.3) is 5.91 Å². The Labute approximate surface area is 167 Å². The predicted octanol–water partition coefficient (Wildman–Crippen LogP) is 1.80. The van der Waals surface area contributed by atoms with Crippen molar-refractivity contribution in [3.63, 3.8) is 0 Å². The lowest BCUT2D eigenvalue weighted by Gasteiger charge is -2.19. The van der Waals surface area contributed by atoms with Crippen molar-refractivity contribution < 1.29 is 19.1 Å². The first-order valence-electron chi connectivity index (χ1n) is 9.27. The SMILES string of the molecule is COC(=O)c1cnc(C(=O)N[C@H]2COC[C@H]2Cc2ccnc3ccccc23)cn1. The summed E-state index contributed by atoms with van der Waals surface area (Å²) in [5.41, 5.74) is 2.31. The number of para-hydroxylation sites is 1. The van der Waals surface area contributed by atoms with Gasteiger partial charge in [0.15, 0.2) is 5.69 Å². The van der Waals surface area contributed by atoms with Crippen LogP contribution in [0.25, 0.3) is 10.9 Å². The van der Waals surface area contributed by atoms with E-state index in [1.54, 1.807) is 6.20 Å². The Balaban J connectivity index is 1.46. The number of carbonyl (C=O) groups excluding carboxylic acids is 2. The molecule has 0 spiro atoms. The molecule has 8 nitrogen and oxygen atoms in total. The quantitative estimate of drug-likeness (QED) is 0.660. The predicted molar refractivity (Wildman–Crippen MR) is 104 cm³/mol. The number of nitrogens with one attached hydrogen (secondary N) is 1. The second-order valence-corrected chi connectivity index (χ2v) is 6.85. The van der Waals surface area contributed by atoms with Crippen LogP contribution in [0, 0.1) is 5.92 Å². The van der Waals surface area contributed by atoms with Crippen LogP contribution in [-0.2, 0) is 15.9 Å². The summed E-state index contributed by atoms with van der Waals surface area (Å²) in [5.74, 6) is -0.820. The minimum absolute atomic E-state index is 0.0516. The number of fused-ring (bicyclic) bond motifs is 1. The lowest BCUT2D eigenvalue weighted by atomic mass is 9.93. The average Bonchev–Trinajstić information content (AvgIpc) is 3.20. The third kappa shape index (κ3) is 4.07. The zero-order valence-corrected chi connectivity index (χ0v) is 15.9. The maximum atomic E-state index is 12.6. The van der Waals surface area contributed by atoms with Crippen LogP contribution in [0.2, 0.25) is 0 Å². The van der Waals surface area contributed by atoms with E-state index in [1.165, 1.54) is 25.1 Å². The van der Waals surface area contributed by atoms with Crippen LogP contribution in [0.4, 0.5) is 0 Å². The number of ether oxygens (including phenoxy) is 2. The summed E-state index contributed by atoms with van der Waals surface area (Å²) >= 11 is 0. The number of esters is 1. The molecular weight excluding hydrogens is 372 g/mol. The van der Waals surface area contributed by atoms with Crippen LogP contribution in [0.1, 0.15) is 26.5 Å². The molecule has 8 heteroatoms. The largest absolute Gasteiger partial charge is 0.464 e. The third-order valence-corrected chi connectivity index (χ3v) is 5.02. The van der Waals surface area contributed by atoms with Crippen molar-refractivity contribution in [3.05, 3.63) is 65.9 Å². The van der Waals surface area contributed by atoms with Gasteiger partial charge in [-0.1, -0.05) is 18.2 Å². The maximum absolute atomic E-state index is 12.6. The van der Waals surface area contributed by atoms with Crippen molar-refractivity contribution in [1.29, 1.82) is 0 Å². The minimum Gasteiger partial charge on any atom is -0.464 e. The summed E-state index contributed by atoms with van der Waals surface area (Å²) in [7, 11) is 1.26. The van der Waals surface area contributed by atoms with E-state index in [-0.39, 0.29) is 29.3 Å². The molecule has 0 radical (unpaired) electrons. The maximum Gasteiger partial charge on any atom is 0.358 e. The van der Waals surface area contributed by atoms with Gasteiger partial charge in [0, 0.05) is 17.5 Å². The molecule has 1 N–H and O–H groups in total. The van der Waals surface area contributed by atoms with E-state index in [9.17, 15) is 9.59 Å². The van der Waals surface area contributed by atoms with Gasteiger partial charge >= 0.3 is 5.97 Å². The van der Waals surface area contributed by atoms with E-state index in [0.717, 1.165) is 17.3 Å². The molecular formula is C21H20N4O4. The Bertz CT molecular complexity index is 1030. The Morgan fingerprint density at radius 1 is 1.10 bits per heavy atom. The van der Waals surface area contributed by atoms with Gasteiger partial charge in [-0.25, -0.2) is 14.8 Å². The van der Waals surface area contributed by atoms with Crippen LogP contribution in [0.5, 0.6) is 0 Å². The van der Waals surface area contributed by atoms with Crippen LogP contribution >= 0.6 is 0 Å². The molecule has 1 aromatic carbocycles. The molecule has 0 aliphatic carbocycles. The fourth-order valence-corrected chi connectivity index (χ4v) is 3.47. The molecule has 1 aliphatic heterocycles. The van der Waals surface area contributed by atoms with Crippen molar-refractivity contribution in [1.82, 2.24) is 20.3 Å². The molecule has 0 unspecified atom stereocenters. The number of hydrogen-bond donors (Lipinski definition) is 1. The van der Waals surface area contributed by atoms with E-state index in [2.05, 4.69) is 31.1 Å². The summed E-state index contributed by atoms with van der Waals surface area (Å²) in [6.45, 7) is 1.00. The van der Waals surface area contributed by atoms with Crippen molar-refractivity contribution >= 4 is 22.8 Å². The zero-order valence-electron chi connectivity index (χ0n) is 15.9. The number of pyridine rings is 1. The van der Waals surface area contributed by atoms with Crippen LogP contribution in [-0.4, -0.2) is 53.2 Å². The summed E-state index contributed by atoms with van der Waals surface area (Å²) in [5, 5.41) is 4.09. The van der Waals surface area contributed by atoms with Crippen LogP contribution < -0.4 is 5.32 Å². The van der Waals surface area contributed by atoms with E-state index >= 15 is 0 Å². The molecule has 2 atom stereocenters. The Morgan fingerprint density at radius 3 is 2.69 bits per heavy atom. The topological polar surface area (TPSA) is 103 Å². The van der Waals surface area contributed by atoms with E-state index in [1.807, 2.05) is 24.3 Å². The third-order valence-electron chi connectivity index (χ3n) is 5.02. The lowest BCUT2D eigenvalue weighted by Crippen LogP contribution is -2.41. The number of benzene rings is 1. The van der Waals surface area contributed by atoms with Crippen LogP contribution in [0.3, 0.4) is 0 Å². The second kappa shape index (κ2) is 8.32. The first kappa shape index (κ1) is 18.9. The number of carbonyl (C=O) groups is 2. The normalized spacial score (nSPS) is 18.5. The van der Waals surface area contributed by atoms with Gasteiger partial charge in [0.05, 0.1) is 44.3 Å². The molecule has 3 aromatic rings. The molecule has 0 saturated carbocycles. The molecule has 1 saturated heterocycles. The van der Waals surface area contributed by atoms with Crippen molar-refractivity contribution in [2.45, 2.75) is 12.5 Å². The zero-order chi connectivity index (χ0) is 20.2. The molecule has 4 rings (SSSR count). The molecule has 0 bridgehead atoms. The fourth-order valence-electron chi connectivity index (χ4n) is 3.47. The van der Waals surface area contributed by atoms with E-state index < -0.39 is 5.97 Å². The van der Waals surface area contributed by atoms with Gasteiger partial charge in [-0.3, -0.25) is 9.78 Å². The van der Waals surface area contributed by atoms with Gasteiger partial charge in [-0.15, -0.1) is 0 Å². The Morgan fingerprint density at radius 2 is 1.90 bits per heavy atom. The molecule has 1 fully saturated rings. The first-order valence-corrected chi connectivity index (χ1v) is 9.27. The van der Waals surface area contributed by atoms with Crippen LogP contribution in [0.15, 0.2) is 48.9 Å². The number of amides is 1. The second-order valence-electron chi connectivity index (χ2n) is 6.85. The number of rotatable bonds is 5. The Kier molecular flexibility index (Phi) is 5.44. The van der Waals surface area contributed by atoms with Gasteiger partial charge in [-0.2, -0.15) is 0 Å². The number of hydrogen-bond acceptors (Lipinski definition) is 7. The summed E-state index contributed by atoms with van der Waals surface area (Å²) in [6, 6.07) is 9.87. The average molecular weight is 392 g/mol. The standard InChI is InChI=1S/C21H20N4O4/c1-28-21(27)18-10-23-17(9-24-18)20(26)25-19-12-29-11-14(19)8-13-6-7-22-16-5-3-2-4-15(13)16/h2-7,9-10,14,19H,8,11-12H2,1H3,(H,25,26)/t14-,19+/m1/s1. The summed E-state index contributed by atoms with van der Waals surface area (Å²) in [6.07, 6.45) is 5.07. The summed E-state index contributed by atoms with van der Waals surface area (Å²) in [4.78, 5) is 36.3. The molecule has 3 heterocycles. The molecule has 2 aromatic heterocycles. The van der Waals surface area contributed by atoms with Gasteiger partial charge < -0.3 is 14.8 Å². The highest BCUT2D eigenvalue weighted by Crippen LogP contribution is 2.24. The van der Waals surface area contributed by atoms with Crippen molar-refractivity contribution in [3.8, 4) is 0 Å². The van der Waals surface area contributed by atoms with Crippen molar-refractivity contribution in [2.24, 2.45) is 5.92 Å². The van der Waals surface area contributed by atoms with Crippen molar-refractivity contribution in [2.75, 3.05) is 20.3 Å². The molecule has 148 valence electrons. The highest BCUT2D eigenvalue weighted by molar-refractivity contribution is 5.93. The molecule has 1 aliphatic rings. The van der Waals surface area contributed by atoms with E-state index in [0.29, 0.717) is 13.2 Å². The fraction of sp³-hybridized carbons (Fsp3) is 0.286. The minimum atomic E-state index is -0.599. The highest BCUT2D eigenvalue weighted by atomic mass is 16.5. The highest BCUT2D eigenvalue weighted by Gasteiger charge is 2.30. The van der Waals surface area contributed by atoms with Gasteiger partial charge in [0.1, 0.15) is 5.69 Å². The molecule has 1 amide bonds. The lowest BCUT2D eigenvalue weighted by molar-refractivity contribution is 0.0592. The number of nitrogens with zero attached hydrogens (tertiary/aromatic N) is 3.